The van der Waals surface area contributed by atoms with Gasteiger partial charge in [-0.05, 0) is 42.9 Å². The van der Waals surface area contributed by atoms with Crippen molar-refractivity contribution in [1.82, 2.24) is 24.8 Å². The molecule has 0 aliphatic carbocycles. The van der Waals surface area contributed by atoms with Crippen molar-refractivity contribution in [2.24, 2.45) is 0 Å². The van der Waals surface area contributed by atoms with Gasteiger partial charge in [0.1, 0.15) is 11.5 Å². The second kappa shape index (κ2) is 9.34. The fourth-order valence-corrected chi connectivity index (χ4v) is 4.00. The lowest BCUT2D eigenvalue weighted by molar-refractivity contribution is 0.313. The Morgan fingerprint density at radius 3 is 2.30 bits per heavy atom. The predicted octanol–water partition coefficient (Wildman–Crippen LogP) is 4.06. The first kappa shape index (κ1) is 21.0. The molecule has 1 aliphatic heterocycles. The highest BCUT2D eigenvalue weighted by Crippen LogP contribution is 2.28. The molecule has 0 bridgehead atoms. The minimum absolute atomic E-state index is 0.583. The zero-order valence-corrected chi connectivity index (χ0v) is 18.9. The van der Waals surface area contributed by atoms with E-state index in [0.29, 0.717) is 5.82 Å². The van der Waals surface area contributed by atoms with Gasteiger partial charge in [-0.25, -0.2) is 9.97 Å². The molecular weight excluding hydrogens is 410 g/mol. The molecule has 33 heavy (non-hydrogen) atoms. The van der Waals surface area contributed by atoms with Crippen LogP contribution in [0.5, 0.6) is 0 Å². The molecule has 0 saturated carbocycles. The fraction of sp³-hybridized carbons (Fsp3) is 0.231. The summed E-state index contributed by atoms with van der Waals surface area (Å²) >= 11 is 0. The van der Waals surface area contributed by atoms with Crippen LogP contribution in [0.1, 0.15) is 0 Å². The van der Waals surface area contributed by atoms with Crippen LogP contribution in [0.2, 0.25) is 0 Å². The number of piperazine rings is 1. The second-order valence-corrected chi connectivity index (χ2v) is 8.23. The van der Waals surface area contributed by atoms with E-state index in [1.54, 1.807) is 6.20 Å². The summed E-state index contributed by atoms with van der Waals surface area (Å²) in [4.78, 5) is 23.1. The van der Waals surface area contributed by atoms with E-state index in [1.165, 1.54) is 5.69 Å². The van der Waals surface area contributed by atoms with Crippen molar-refractivity contribution < 1.29 is 0 Å². The van der Waals surface area contributed by atoms with Gasteiger partial charge in [-0.3, -0.25) is 9.97 Å². The summed E-state index contributed by atoms with van der Waals surface area (Å²) in [5.41, 5.74) is 5.94. The van der Waals surface area contributed by atoms with Crippen molar-refractivity contribution >= 4 is 11.5 Å². The van der Waals surface area contributed by atoms with Gasteiger partial charge in [0.25, 0.3) is 0 Å². The van der Waals surface area contributed by atoms with E-state index in [-0.39, 0.29) is 0 Å². The number of nitrogens with zero attached hydrogens (tertiary/aromatic N) is 6. The number of nitrogens with one attached hydrogen (secondary N) is 1. The molecule has 1 fully saturated rings. The molecule has 7 heteroatoms. The number of anilines is 2. The average Bonchev–Trinajstić information content (AvgIpc) is 2.89. The van der Waals surface area contributed by atoms with Crippen LogP contribution < -0.4 is 10.2 Å². The number of likely N-dealkylation sites (N-methyl/N-ethyl adjacent to an activating group) is 1. The highest BCUT2D eigenvalue weighted by atomic mass is 15.2. The molecule has 1 N–H and O–H groups in total. The van der Waals surface area contributed by atoms with Crippen molar-refractivity contribution in [2.75, 3.05) is 50.5 Å². The number of rotatable bonds is 5. The summed E-state index contributed by atoms with van der Waals surface area (Å²) < 4.78 is 0. The molecule has 1 aliphatic rings. The Hall–Kier alpha value is -3.84. The van der Waals surface area contributed by atoms with Crippen LogP contribution in [-0.4, -0.2) is 65.1 Å². The molecule has 5 rings (SSSR count). The van der Waals surface area contributed by atoms with E-state index in [0.717, 1.165) is 60.1 Å². The molecule has 4 heterocycles. The summed E-state index contributed by atoms with van der Waals surface area (Å²) in [5, 5.41) is 3.13. The van der Waals surface area contributed by atoms with E-state index in [9.17, 15) is 0 Å². The normalized spacial score (nSPS) is 14.3. The highest BCUT2D eigenvalue weighted by Gasteiger charge is 2.15. The predicted molar refractivity (Wildman–Crippen MR) is 133 cm³/mol. The molecule has 1 saturated heterocycles. The first-order chi connectivity index (χ1) is 16.2. The van der Waals surface area contributed by atoms with Crippen molar-refractivity contribution in [3.8, 4) is 33.9 Å². The summed E-state index contributed by atoms with van der Waals surface area (Å²) in [5.74, 6) is 1.32. The molecule has 0 amide bonds. The van der Waals surface area contributed by atoms with Crippen LogP contribution in [0, 0.1) is 0 Å². The molecule has 3 aromatic heterocycles. The van der Waals surface area contributed by atoms with Gasteiger partial charge in [-0.2, -0.15) is 0 Å². The third-order valence-electron chi connectivity index (χ3n) is 5.98. The lowest BCUT2D eigenvalue weighted by Crippen LogP contribution is -2.44. The number of aromatic nitrogens is 4. The summed E-state index contributed by atoms with van der Waals surface area (Å²) in [7, 11) is 4.03. The number of benzene rings is 1. The number of hydrogen-bond acceptors (Lipinski definition) is 7. The largest absolute Gasteiger partial charge is 0.373 e. The summed E-state index contributed by atoms with van der Waals surface area (Å²) in [6.45, 7) is 4.32. The van der Waals surface area contributed by atoms with Crippen molar-refractivity contribution in [2.45, 2.75) is 0 Å². The molecule has 166 valence electrons. The molecule has 0 unspecified atom stereocenters. The first-order valence-corrected chi connectivity index (χ1v) is 11.2. The lowest BCUT2D eigenvalue weighted by Gasteiger charge is -2.34. The van der Waals surface area contributed by atoms with Crippen LogP contribution in [0.3, 0.4) is 0 Å². The topological polar surface area (TPSA) is 70.1 Å². The number of pyridine rings is 2. The zero-order valence-electron chi connectivity index (χ0n) is 18.9. The Labute approximate surface area is 194 Å². The maximum atomic E-state index is 4.77. The van der Waals surface area contributed by atoms with E-state index in [2.05, 4.69) is 67.4 Å². The van der Waals surface area contributed by atoms with Crippen LogP contribution >= 0.6 is 0 Å². The Kier molecular flexibility index (Phi) is 5.95. The third-order valence-corrected chi connectivity index (χ3v) is 5.98. The Morgan fingerprint density at radius 1 is 0.788 bits per heavy atom. The molecule has 0 spiro atoms. The van der Waals surface area contributed by atoms with E-state index < -0.39 is 0 Å². The molecule has 0 radical (unpaired) electrons. The van der Waals surface area contributed by atoms with Gasteiger partial charge in [-0.15, -0.1) is 0 Å². The zero-order chi connectivity index (χ0) is 22.6. The van der Waals surface area contributed by atoms with Crippen molar-refractivity contribution in [3.05, 3.63) is 73.2 Å². The minimum atomic E-state index is 0.583. The number of hydrogen-bond donors (Lipinski definition) is 1. The van der Waals surface area contributed by atoms with Gasteiger partial charge in [0.05, 0.1) is 5.69 Å². The van der Waals surface area contributed by atoms with E-state index in [4.69, 9.17) is 4.98 Å². The van der Waals surface area contributed by atoms with Gasteiger partial charge in [0.15, 0.2) is 5.82 Å². The second-order valence-electron chi connectivity index (χ2n) is 8.23. The quantitative estimate of drug-likeness (QED) is 0.505. The van der Waals surface area contributed by atoms with Crippen LogP contribution in [0.4, 0.5) is 11.5 Å². The first-order valence-electron chi connectivity index (χ1n) is 11.2. The van der Waals surface area contributed by atoms with Crippen molar-refractivity contribution in [1.29, 1.82) is 0 Å². The smallest absolute Gasteiger partial charge is 0.180 e. The van der Waals surface area contributed by atoms with Gasteiger partial charge >= 0.3 is 0 Å². The maximum Gasteiger partial charge on any atom is 0.180 e. The highest BCUT2D eigenvalue weighted by molar-refractivity contribution is 5.73. The third kappa shape index (κ3) is 4.68. The van der Waals surface area contributed by atoms with Crippen LogP contribution in [0.15, 0.2) is 73.2 Å². The fourth-order valence-electron chi connectivity index (χ4n) is 4.00. The molecular formula is C26H27N7. The summed E-state index contributed by atoms with van der Waals surface area (Å²) in [6.07, 6.45) is 5.48. The average molecular weight is 438 g/mol. The monoisotopic (exact) mass is 437 g/mol. The molecule has 1 aromatic carbocycles. The van der Waals surface area contributed by atoms with Crippen LogP contribution in [-0.2, 0) is 0 Å². The molecule has 4 aromatic rings. The van der Waals surface area contributed by atoms with E-state index in [1.807, 2.05) is 43.7 Å². The van der Waals surface area contributed by atoms with Gasteiger partial charge < -0.3 is 15.1 Å². The standard InChI is InChI=1S/C26H27N7/c1-27-25-16-24(30-26(31-25)23-5-3-4-10-29-23)21-15-20(17-28-18-21)19-6-8-22(9-7-19)33-13-11-32(2)12-14-33/h3-10,15-18H,11-14H2,1-2H3,(H,27,30,31). The Balaban J connectivity index is 1.44. The van der Waals surface area contributed by atoms with Crippen LogP contribution in [0.25, 0.3) is 33.9 Å². The van der Waals surface area contributed by atoms with Gasteiger partial charge in [0.2, 0.25) is 0 Å². The SMILES string of the molecule is CNc1cc(-c2cncc(-c3ccc(N4CCN(C)CC4)cc3)c2)nc(-c2ccccn2)n1. The minimum Gasteiger partial charge on any atom is -0.373 e. The lowest BCUT2D eigenvalue weighted by atomic mass is 10.0. The van der Waals surface area contributed by atoms with Gasteiger partial charge in [0, 0.05) is 74.7 Å². The Morgan fingerprint density at radius 2 is 1.58 bits per heavy atom. The maximum absolute atomic E-state index is 4.77. The van der Waals surface area contributed by atoms with Crippen molar-refractivity contribution in [3.63, 3.8) is 0 Å². The van der Waals surface area contributed by atoms with E-state index >= 15 is 0 Å². The summed E-state index contributed by atoms with van der Waals surface area (Å²) in [6, 6.07) is 18.5. The molecule has 0 atom stereocenters. The Bertz CT molecular complexity index is 1220. The molecule has 7 nitrogen and oxygen atoms in total. The van der Waals surface area contributed by atoms with Gasteiger partial charge in [-0.1, -0.05) is 18.2 Å².